The van der Waals surface area contributed by atoms with E-state index in [1.807, 2.05) is 4.90 Å². The first-order valence-corrected chi connectivity index (χ1v) is 6.79. The zero-order valence-electron chi connectivity index (χ0n) is 12.2. The lowest BCUT2D eigenvalue weighted by Crippen LogP contribution is -2.51. The SMILES string of the molecule is CNC(C)(CCN1CCC(C(F)(F)F)CC1)C(=O)OC. The molecule has 1 aliphatic heterocycles. The van der Waals surface area contributed by atoms with Crippen LogP contribution in [0.4, 0.5) is 13.2 Å². The Kier molecular flexibility index (Phi) is 5.82. The minimum atomic E-state index is -4.09. The van der Waals surface area contributed by atoms with Gasteiger partial charge in [-0.1, -0.05) is 0 Å². The van der Waals surface area contributed by atoms with Crippen LogP contribution in [0.3, 0.4) is 0 Å². The van der Waals surface area contributed by atoms with Crippen molar-refractivity contribution in [3.8, 4) is 0 Å². The summed E-state index contributed by atoms with van der Waals surface area (Å²) in [4.78, 5) is 13.6. The molecule has 0 saturated carbocycles. The number of halogens is 3. The second kappa shape index (κ2) is 6.76. The van der Waals surface area contributed by atoms with E-state index in [9.17, 15) is 18.0 Å². The van der Waals surface area contributed by atoms with E-state index in [2.05, 4.69) is 5.32 Å². The number of nitrogens with one attached hydrogen (secondary N) is 1. The van der Waals surface area contributed by atoms with Crippen LogP contribution in [0.2, 0.25) is 0 Å². The van der Waals surface area contributed by atoms with Gasteiger partial charge in [0.25, 0.3) is 0 Å². The highest BCUT2D eigenvalue weighted by molar-refractivity contribution is 5.80. The number of carbonyl (C=O) groups is 1. The van der Waals surface area contributed by atoms with Crippen molar-refractivity contribution in [2.24, 2.45) is 5.92 Å². The van der Waals surface area contributed by atoms with Crippen molar-refractivity contribution < 1.29 is 22.7 Å². The summed E-state index contributed by atoms with van der Waals surface area (Å²) >= 11 is 0. The van der Waals surface area contributed by atoms with Gasteiger partial charge in [-0.15, -0.1) is 0 Å². The highest BCUT2D eigenvalue weighted by Gasteiger charge is 2.41. The lowest BCUT2D eigenvalue weighted by atomic mass is 9.94. The molecule has 0 amide bonds. The summed E-state index contributed by atoms with van der Waals surface area (Å²) in [5.41, 5.74) is -0.796. The average molecular weight is 296 g/mol. The van der Waals surface area contributed by atoms with Crippen LogP contribution in [0.25, 0.3) is 0 Å². The van der Waals surface area contributed by atoms with Gasteiger partial charge >= 0.3 is 12.1 Å². The first-order valence-electron chi connectivity index (χ1n) is 6.79. The largest absolute Gasteiger partial charge is 0.468 e. The fourth-order valence-electron chi connectivity index (χ4n) is 2.42. The third kappa shape index (κ3) is 4.34. The van der Waals surface area contributed by atoms with E-state index in [0.717, 1.165) is 0 Å². The van der Waals surface area contributed by atoms with Crippen molar-refractivity contribution in [3.63, 3.8) is 0 Å². The Morgan fingerprint density at radius 3 is 2.30 bits per heavy atom. The number of nitrogens with zero attached hydrogens (tertiary/aromatic N) is 1. The second-order valence-electron chi connectivity index (χ2n) is 5.48. The third-order valence-electron chi connectivity index (χ3n) is 4.17. The normalized spacial score (nSPS) is 21.5. The highest BCUT2D eigenvalue weighted by Crippen LogP contribution is 2.34. The first-order chi connectivity index (χ1) is 9.23. The summed E-state index contributed by atoms with van der Waals surface area (Å²) in [6.45, 7) is 3.16. The summed E-state index contributed by atoms with van der Waals surface area (Å²) in [5.74, 6) is -1.54. The van der Waals surface area contributed by atoms with Gasteiger partial charge in [-0.25, -0.2) is 0 Å². The molecule has 1 rings (SSSR count). The van der Waals surface area contributed by atoms with Crippen LogP contribution in [0, 0.1) is 5.92 Å². The Morgan fingerprint density at radius 2 is 1.90 bits per heavy atom. The summed E-state index contributed by atoms with van der Waals surface area (Å²) in [7, 11) is 3.00. The molecule has 0 aromatic carbocycles. The summed E-state index contributed by atoms with van der Waals surface area (Å²) in [6, 6.07) is 0. The smallest absolute Gasteiger partial charge is 0.391 e. The molecule has 1 fully saturated rings. The predicted molar refractivity (Wildman–Crippen MR) is 69.3 cm³/mol. The monoisotopic (exact) mass is 296 g/mol. The average Bonchev–Trinajstić information content (AvgIpc) is 2.43. The van der Waals surface area contributed by atoms with Crippen LogP contribution in [0.5, 0.6) is 0 Å². The first kappa shape index (κ1) is 17.2. The molecule has 0 spiro atoms. The van der Waals surface area contributed by atoms with Gasteiger partial charge in [0.15, 0.2) is 0 Å². The molecule has 1 N–H and O–H groups in total. The summed E-state index contributed by atoms with van der Waals surface area (Å²) in [6.07, 6.45) is -3.31. The Hall–Kier alpha value is -0.820. The number of hydrogen-bond donors (Lipinski definition) is 1. The Labute approximate surface area is 117 Å². The van der Waals surface area contributed by atoms with Crippen LogP contribution >= 0.6 is 0 Å². The molecule has 1 aliphatic rings. The lowest BCUT2D eigenvalue weighted by Gasteiger charge is -2.35. The fourth-order valence-corrected chi connectivity index (χ4v) is 2.42. The Morgan fingerprint density at radius 1 is 1.35 bits per heavy atom. The number of hydrogen-bond acceptors (Lipinski definition) is 4. The van der Waals surface area contributed by atoms with Crippen molar-refractivity contribution in [2.75, 3.05) is 33.8 Å². The van der Waals surface area contributed by atoms with Crippen molar-refractivity contribution in [1.82, 2.24) is 10.2 Å². The molecular weight excluding hydrogens is 273 g/mol. The molecule has 118 valence electrons. The van der Waals surface area contributed by atoms with Gasteiger partial charge in [0, 0.05) is 6.54 Å². The van der Waals surface area contributed by atoms with Gasteiger partial charge in [-0.3, -0.25) is 4.79 Å². The maximum atomic E-state index is 12.6. The third-order valence-corrected chi connectivity index (χ3v) is 4.17. The minimum Gasteiger partial charge on any atom is -0.468 e. The number of likely N-dealkylation sites (N-methyl/N-ethyl adjacent to an activating group) is 1. The number of carbonyl (C=O) groups excluding carboxylic acids is 1. The Bertz CT molecular complexity index is 328. The van der Waals surface area contributed by atoms with Gasteiger partial charge in [0.2, 0.25) is 0 Å². The highest BCUT2D eigenvalue weighted by atomic mass is 19.4. The van der Waals surface area contributed by atoms with Gasteiger partial charge in [-0.2, -0.15) is 13.2 Å². The van der Waals surface area contributed by atoms with Crippen molar-refractivity contribution in [1.29, 1.82) is 0 Å². The summed E-state index contributed by atoms with van der Waals surface area (Å²) < 4.78 is 42.4. The van der Waals surface area contributed by atoms with Crippen LogP contribution in [-0.4, -0.2) is 56.4 Å². The molecule has 20 heavy (non-hydrogen) atoms. The number of likely N-dealkylation sites (tertiary alicyclic amines) is 1. The predicted octanol–water partition coefficient (Wildman–Crippen LogP) is 1.80. The summed E-state index contributed by atoms with van der Waals surface area (Å²) in [5, 5.41) is 2.92. The molecule has 0 bridgehead atoms. The van der Waals surface area contributed by atoms with E-state index < -0.39 is 17.6 Å². The van der Waals surface area contributed by atoms with Crippen LogP contribution in [0.15, 0.2) is 0 Å². The quantitative estimate of drug-likeness (QED) is 0.786. The molecule has 0 aromatic rings. The topological polar surface area (TPSA) is 41.6 Å². The van der Waals surface area contributed by atoms with E-state index in [4.69, 9.17) is 4.74 Å². The van der Waals surface area contributed by atoms with E-state index in [1.165, 1.54) is 7.11 Å². The van der Waals surface area contributed by atoms with E-state index in [0.29, 0.717) is 26.1 Å². The standard InChI is InChI=1S/C13H23F3N2O2/c1-12(17-2,11(19)20-3)6-9-18-7-4-10(5-8-18)13(14,15)16/h10,17H,4-9H2,1-3H3. The van der Waals surface area contributed by atoms with Gasteiger partial charge in [0.05, 0.1) is 13.0 Å². The fraction of sp³-hybridized carbons (Fsp3) is 0.923. The maximum absolute atomic E-state index is 12.6. The number of esters is 1. The van der Waals surface area contributed by atoms with Crippen LogP contribution in [0.1, 0.15) is 26.2 Å². The van der Waals surface area contributed by atoms with Gasteiger partial charge in [0.1, 0.15) is 5.54 Å². The minimum absolute atomic E-state index is 0.137. The number of piperidine rings is 1. The van der Waals surface area contributed by atoms with E-state index in [1.54, 1.807) is 14.0 Å². The van der Waals surface area contributed by atoms with Gasteiger partial charge < -0.3 is 15.0 Å². The zero-order chi connectivity index (χ0) is 15.4. The number of rotatable bonds is 5. The molecule has 0 radical (unpaired) electrons. The number of alkyl halides is 3. The van der Waals surface area contributed by atoms with Crippen molar-refractivity contribution in [2.45, 2.75) is 37.9 Å². The lowest BCUT2D eigenvalue weighted by molar-refractivity contribution is -0.185. The molecule has 1 unspecified atom stereocenters. The molecule has 1 atom stereocenters. The second-order valence-corrected chi connectivity index (χ2v) is 5.48. The van der Waals surface area contributed by atoms with Crippen LogP contribution < -0.4 is 5.32 Å². The number of methoxy groups -OCH3 is 1. The van der Waals surface area contributed by atoms with E-state index >= 15 is 0 Å². The van der Waals surface area contributed by atoms with Crippen molar-refractivity contribution >= 4 is 5.97 Å². The molecule has 0 aliphatic carbocycles. The molecule has 4 nitrogen and oxygen atoms in total. The number of ether oxygens (including phenoxy) is 1. The molecule has 0 aromatic heterocycles. The Balaban J connectivity index is 2.43. The van der Waals surface area contributed by atoms with Crippen molar-refractivity contribution in [3.05, 3.63) is 0 Å². The molecular formula is C13H23F3N2O2. The molecule has 1 heterocycles. The molecule has 1 saturated heterocycles. The molecule has 7 heteroatoms. The zero-order valence-corrected chi connectivity index (χ0v) is 12.2. The van der Waals surface area contributed by atoms with E-state index in [-0.39, 0.29) is 18.8 Å². The van der Waals surface area contributed by atoms with Gasteiger partial charge in [-0.05, 0) is 46.3 Å². The van der Waals surface area contributed by atoms with Crippen LogP contribution in [-0.2, 0) is 9.53 Å². The maximum Gasteiger partial charge on any atom is 0.391 e.